The van der Waals surface area contributed by atoms with Crippen LogP contribution in [0.5, 0.6) is 0 Å². The minimum Gasteiger partial charge on any atom is -0.244 e. The number of hydrogen-bond donors (Lipinski definition) is 0. The van der Waals surface area contributed by atoms with E-state index >= 15 is 0 Å². The van der Waals surface area contributed by atoms with Gasteiger partial charge >= 0.3 is 0 Å². The maximum Gasteiger partial charge on any atom is 0.113 e. The van der Waals surface area contributed by atoms with E-state index in [0.29, 0.717) is 12.1 Å². The van der Waals surface area contributed by atoms with Gasteiger partial charge in [-0.3, -0.25) is 0 Å². The number of hydrogen-bond acceptors (Lipinski definition) is 1. The Kier molecular flexibility index (Phi) is 2.07. The van der Waals surface area contributed by atoms with Crippen molar-refractivity contribution in [2.24, 2.45) is 0 Å². The maximum absolute atomic E-state index is 5.14. The summed E-state index contributed by atoms with van der Waals surface area (Å²) in [5.41, 5.74) is 1.62. The van der Waals surface area contributed by atoms with Gasteiger partial charge in [0.15, 0.2) is 0 Å². The van der Waals surface area contributed by atoms with E-state index in [-0.39, 0.29) is 0 Å². The first-order valence-corrected chi connectivity index (χ1v) is 3.08. The van der Waals surface area contributed by atoms with E-state index in [4.69, 9.17) is 6.42 Å². The average molecular weight is 130 g/mol. The molecule has 49 valence electrons. The lowest BCUT2D eigenvalue weighted by molar-refractivity contribution is 1.09. The smallest absolute Gasteiger partial charge is 0.113 e. The monoisotopic (exact) mass is 130 g/mol. The third kappa shape index (κ3) is 1.35. The van der Waals surface area contributed by atoms with Crippen molar-refractivity contribution in [1.82, 2.24) is 4.98 Å². The molecule has 0 aliphatic heterocycles. The van der Waals surface area contributed by atoms with Crippen LogP contribution in [0.3, 0.4) is 0 Å². The molecule has 0 saturated carbocycles. The molecule has 0 saturated heterocycles. The lowest BCUT2D eigenvalue weighted by Crippen LogP contribution is -1.88. The number of aromatic nitrogens is 1. The van der Waals surface area contributed by atoms with Crippen LogP contribution in [-0.4, -0.2) is 4.98 Å². The van der Waals surface area contributed by atoms with Gasteiger partial charge < -0.3 is 0 Å². The molecule has 1 aromatic rings. The van der Waals surface area contributed by atoms with E-state index < -0.39 is 0 Å². The fourth-order valence-corrected chi connectivity index (χ4v) is 0.699. The van der Waals surface area contributed by atoms with Crippen molar-refractivity contribution in [3.63, 3.8) is 0 Å². The summed E-state index contributed by atoms with van der Waals surface area (Å²) in [5.74, 6) is 2.46. The fourth-order valence-electron chi connectivity index (χ4n) is 0.699. The van der Waals surface area contributed by atoms with Crippen molar-refractivity contribution in [2.75, 3.05) is 0 Å². The molecule has 0 spiro atoms. The van der Waals surface area contributed by atoms with E-state index in [1.54, 1.807) is 6.07 Å². The Hall–Kier alpha value is -1.29. The van der Waals surface area contributed by atoms with Crippen LogP contribution in [0.1, 0.15) is 11.4 Å². The van der Waals surface area contributed by atoms with Gasteiger partial charge in [0.2, 0.25) is 0 Å². The van der Waals surface area contributed by atoms with Gasteiger partial charge in [0.1, 0.15) is 5.69 Å². The molecule has 0 aromatic carbocycles. The summed E-state index contributed by atoms with van der Waals surface area (Å²) in [4.78, 5) is 4.11. The molecule has 0 unspecified atom stereocenters. The summed E-state index contributed by atoms with van der Waals surface area (Å²) in [6, 6.07) is 5.61. The molecule has 0 amide bonds. The van der Waals surface area contributed by atoms with E-state index in [2.05, 4.69) is 17.8 Å². The first-order chi connectivity index (χ1) is 4.86. The van der Waals surface area contributed by atoms with Crippen LogP contribution in [0.2, 0.25) is 0 Å². The van der Waals surface area contributed by atoms with Crippen molar-refractivity contribution >= 4 is 0 Å². The third-order valence-corrected chi connectivity index (χ3v) is 1.21. The van der Waals surface area contributed by atoms with E-state index in [1.165, 1.54) is 0 Å². The third-order valence-electron chi connectivity index (χ3n) is 1.21. The molecule has 0 N–H and O–H groups in total. The largest absolute Gasteiger partial charge is 0.244 e. The van der Waals surface area contributed by atoms with Crippen LogP contribution >= 0.6 is 0 Å². The van der Waals surface area contributed by atoms with Crippen molar-refractivity contribution in [3.05, 3.63) is 36.5 Å². The Labute approximate surface area is 61.1 Å². The van der Waals surface area contributed by atoms with Crippen LogP contribution in [0.4, 0.5) is 0 Å². The minimum absolute atomic E-state index is 0.682. The van der Waals surface area contributed by atoms with Crippen molar-refractivity contribution in [2.45, 2.75) is 6.42 Å². The van der Waals surface area contributed by atoms with Gasteiger partial charge in [-0.15, -0.1) is 6.42 Å². The molecule has 1 radical (unpaired) electrons. The highest BCUT2D eigenvalue weighted by Crippen LogP contribution is 1.97. The number of rotatable bonds is 1. The Bertz CT molecular complexity index is 258. The van der Waals surface area contributed by atoms with Gasteiger partial charge in [-0.25, -0.2) is 4.98 Å². The summed E-state index contributed by atoms with van der Waals surface area (Å²) in [7, 11) is 0. The molecule has 0 atom stereocenters. The van der Waals surface area contributed by atoms with Gasteiger partial charge in [0.25, 0.3) is 0 Å². The van der Waals surface area contributed by atoms with Crippen molar-refractivity contribution < 1.29 is 0 Å². The highest BCUT2D eigenvalue weighted by atomic mass is 14.7. The standard InChI is InChI=1S/C9H8N/c1-3-8-6-5-7-9(4-2)10-8/h1,5-7H,2,4H2. The first kappa shape index (κ1) is 6.82. The number of pyridine rings is 1. The molecule has 10 heavy (non-hydrogen) atoms. The normalized spacial score (nSPS) is 8.80. The summed E-state index contributed by atoms with van der Waals surface area (Å²) >= 11 is 0. The summed E-state index contributed by atoms with van der Waals surface area (Å²) < 4.78 is 0. The molecule has 0 aliphatic rings. The molecule has 0 aliphatic carbocycles. The lowest BCUT2D eigenvalue weighted by Gasteiger charge is -1.93. The van der Waals surface area contributed by atoms with Crippen LogP contribution in [-0.2, 0) is 6.42 Å². The second-order valence-corrected chi connectivity index (χ2v) is 1.91. The molecule has 1 aromatic heterocycles. The topological polar surface area (TPSA) is 12.9 Å². The van der Waals surface area contributed by atoms with Gasteiger partial charge in [-0.05, 0) is 25.5 Å². The molecule has 0 bridgehead atoms. The molecule has 1 rings (SSSR count). The zero-order chi connectivity index (χ0) is 7.40. The number of nitrogens with zero attached hydrogens (tertiary/aromatic N) is 1. The molecular weight excluding hydrogens is 122 g/mol. The Balaban J connectivity index is 3.01. The van der Waals surface area contributed by atoms with Crippen molar-refractivity contribution in [3.8, 4) is 12.3 Å². The second kappa shape index (κ2) is 3.03. The van der Waals surface area contributed by atoms with Crippen LogP contribution in [0, 0.1) is 19.3 Å². The fraction of sp³-hybridized carbons (Fsp3) is 0.111. The van der Waals surface area contributed by atoms with Crippen molar-refractivity contribution in [1.29, 1.82) is 0 Å². The molecule has 1 heteroatoms. The van der Waals surface area contributed by atoms with Gasteiger partial charge in [0.05, 0.1) is 0 Å². The predicted octanol–water partition coefficient (Wildman–Crippen LogP) is 1.44. The Morgan fingerprint density at radius 1 is 1.60 bits per heavy atom. The van der Waals surface area contributed by atoms with Crippen LogP contribution in [0.25, 0.3) is 0 Å². The average Bonchev–Trinajstić information content (AvgIpc) is 2.05. The summed E-state index contributed by atoms with van der Waals surface area (Å²) in [5, 5.41) is 0. The van der Waals surface area contributed by atoms with Gasteiger partial charge in [-0.1, -0.05) is 12.0 Å². The predicted molar refractivity (Wildman–Crippen MR) is 41.2 cm³/mol. The first-order valence-electron chi connectivity index (χ1n) is 3.08. The van der Waals surface area contributed by atoms with E-state index in [1.807, 2.05) is 12.1 Å². The summed E-state index contributed by atoms with van der Waals surface area (Å²) in [6.45, 7) is 3.70. The minimum atomic E-state index is 0.682. The molecule has 1 heterocycles. The van der Waals surface area contributed by atoms with Crippen LogP contribution in [0.15, 0.2) is 18.2 Å². The molecule has 0 fully saturated rings. The van der Waals surface area contributed by atoms with E-state index in [9.17, 15) is 0 Å². The lowest BCUT2D eigenvalue weighted by atomic mass is 10.2. The molecular formula is C9H8N. The Morgan fingerprint density at radius 2 is 2.40 bits per heavy atom. The second-order valence-electron chi connectivity index (χ2n) is 1.91. The number of terminal acetylenes is 1. The van der Waals surface area contributed by atoms with Gasteiger partial charge in [0, 0.05) is 5.69 Å². The molecule has 1 nitrogen and oxygen atoms in total. The van der Waals surface area contributed by atoms with Crippen LogP contribution < -0.4 is 0 Å². The maximum atomic E-state index is 5.14. The van der Waals surface area contributed by atoms with Gasteiger partial charge in [-0.2, -0.15) is 0 Å². The highest BCUT2D eigenvalue weighted by Gasteiger charge is 1.89. The highest BCUT2D eigenvalue weighted by molar-refractivity contribution is 5.25. The zero-order valence-electron chi connectivity index (χ0n) is 5.67. The Morgan fingerprint density at radius 3 is 3.00 bits per heavy atom. The SMILES string of the molecule is C#Cc1cccc(C[CH2])n1. The quantitative estimate of drug-likeness (QED) is 0.524. The zero-order valence-corrected chi connectivity index (χ0v) is 5.67. The van der Waals surface area contributed by atoms with E-state index in [0.717, 1.165) is 5.69 Å². The summed E-state index contributed by atoms with van der Waals surface area (Å²) in [6.07, 6.45) is 5.83.